The van der Waals surface area contributed by atoms with E-state index in [4.69, 9.17) is 9.84 Å². The van der Waals surface area contributed by atoms with Gasteiger partial charge in [0.25, 0.3) is 0 Å². The highest BCUT2D eigenvalue weighted by molar-refractivity contribution is 9.09. The third-order valence-electron chi connectivity index (χ3n) is 1.79. The minimum atomic E-state index is -1.14. The van der Waals surface area contributed by atoms with Gasteiger partial charge >= 0.3 is 0 Å². The molecule has 5 heteroatoms. The molecule has 11 heavy (non-hydrogen) atoms. The highest BCUT2D eigenvalue weighted by Crippen LogP contribution is 2.23. The largest absolute Gasteiger partial charge is 0.388 e. The number of ether oxygens (including phenoxy) is 1. The highest BCUT2D eigenvalue weighted by Gasteiger charge is 2.40. The summed E-state index contributed by atoms with van der Waals surface area (Å²) in [7, 11) is 0. The van der Waals surface area contributed by atoms with E-state index in [0.29, 0.717) is 0 Å². The lowest BCUT2D eigenvalue weighted by molar-refractivity contribution is -0.190. The summed E-state index contributed by atoms with van der Waals surface area (Å²) in [4.78, 5) is 0. The fourth-order valence-electron chi connectivity index (χ4n) is 1.00. The SMILES string of the molecule is C[C@@H]1OC(Br)[C@H](O)[C@H](O)[C@H]1O. The van der Waals surface area contributed by atoms with Gasteiger partial charge in [0.05, 0.1) is 6.10 Å². The molecule has 1 unspecified atom stereocenters. The third kappa shape index (κ3) is 1.73. The minimum Gasteiger partial charge on any atom is -0.388 e. The first-order chi connectivity index (χ1) is 5.04. The monoisotopic (exact) mass is 226 g/mol. The van der Waals surface area contributed by atoms with Crippen molar-refractivity contribution in [2.45, 2.75) is 36.4 Å². The Bertz CT molecular complexity index is 129. The molecule has 5 atom stereocenters. The van der Waals surface area contributed by atoms with Gasteiger partial charge in [-0.3, -0.25) is 0 Å². The molecule has 1 heterocycles. The minimum absolute atomic E-state index is 0.460. The van der Waals surface area contributed by atoms with E-state index in [1.165, 1.54) is 0 Å². The Morgan fingerprint density at radius 2 is 1.64 bits per heavy atom. The van der Waals surface area contributed by atoms with Crippen molar-refractivity contribution in [3.63, 3.8) is 0 Å². The summed E-state index contributed by atoms with van der Waals surface area (Å²) in [5.74, 6) is 0. The zero-order valence-corrected chi connectivity index (χ0v) is 7.60. The molecule has 1 saturated heterocycles. The van der Waals surface area contributed by atoms with Crippen molar-refractivity contribution in [3.8, 4) is 0 Å². The Hall–Kier alpha value is 0.320. The van der Waals surface area contributed by atoms with Gasteiger partial charge in [0.2, 0.25) is 0 Å². The summed E-state index contributed by atoms with van der Waals surface area (Å²) in [6, 6.07) is 0. The van der Waals surface area contributed by atoms with Crippen molar-refractivity contribution < 1.29 is 20.1 Å². The molecule has 1 rings (SSSR count). The van der Waals surface area contributed by atoms with E-state index in [2.05, 4.69) is 15.9 Å². The standard InChI is InChI=1S/C6H11BrO4/c1-2-3(8)4(9)5(10)6(7)11-2/h2-6,8-10H,1H3/t2-,3-,4+,5+,6?/m0/s1. The summed E-state index contributed by atoms with van der Waals surface area (Å²) in [5.41, 5.74) is 0. The molecule has 0 aromatic heterocycles. The average Bonchev–Trinajstić information content (AvgIpc) is 1.97. The first-order valence-corrected chi connectivity index (χ1v) is 4.29. The van der Waals surface area contributed by atoms with Gasteiger partial charge in [-0.05, 0) is 6.92 Å². The number of alkyl halides is 1. The van der Waals surface area contributed by atoms with Gasteiger partial charge < -0.3 is 20.1 Å². The Kier molecular flexibility index (Phi) is 2.88. The first-order valence-electron chi connectivity index (χ1n) is 3.37. The number of rotatable bonds is 0. The van der Waals surface area contributed by atoms with Gasteiger partial charge in [-0.1, -0.05) is 15.9 Å². The molecule has 0 aromatic rings. The zero-order valence-electron chi connectivity index (χ0n) is 6.01. The second-order valence-electron chi connectivity index (χ2n) is 2.66. The van der Waals surface area contributed by atoms with Crippen LogP contribution in [0.1, 0.15) is 6.92 Å². The second-order valence-corrected chi connectivity index (χ2v) is 3.57. The number of halogens is 1. The molecule has 3 N–H and O–H groups in total. The van der Waals surface area contributed by atoms with E-state index < -0.39 is 29.4 Å². The molecule has 0 bridgehead atoms. The quantitative estimate of drug-likeness (QED) is 0.474. The summed E-state index contributed by atoms with van der Waals surface area (Å²) in [6.45, 7) is 1.63. The van der Waals surface area contributed by atoms with Crippen LogP contribution in [0.2, 0.25) is 0 Å². The predicted octanol–water partition coefficient (Wildman–Crippen LogP) is -0.791. The number of aliphatic hydroxyl groups excluding tert-OH is 3. The average molecular weight is 227 g/mol. The van der Waals surface area contributed by atoms with Gasteiger partial charge in [0.15, 0.2) is 0 Å². The number of aliphatic hydroxyl groups is 3. The van der Waals surface area contributed by atoms with Gasteiger partial charge in [0, 0.05) is 0 Å². The molecule has 66 valence electrons. The Morgan fingerprint density at radius 1 is 1.09 bits per heavy atom. The van der Waals surface area contributed by atoms with Crippen molar-refractivity contribution >= 4 is 15.9 Å². The van der Waals surface area contributed by atoms with E-state index in [1.54, 1.807) is 6.92 Å². The molecule has 0 radical (unpaired) electrons. The van der Waals surface area contributed by atoms with Crippen molar-refractivity contribution in [1.82, 2.24) is 0 Å². The molecular weight excluding hydrogens is 216 g/mol. The van der Waals surface area contributed by atoms with Crippen LogP contribution in [-0.4, -0.2) is 44.7 Å². The molecule has 0 spiro atoms. The van der Waals surface area contributed by atoms with Crippen LogP contribution < -0.4 is 0 Å². The van der Waals surface area contributed by atoms with Crippen LogP contribution in [0.25, 0.3) is 0 Å². The molecule has 1 fully saturated rings. The maximum Gasteiger partial charge on any atom is 0.141 e. The normalized spacial score (nSPS) is 52.6. The van der Waals surface area contributed by atoms with Crippen molar-refractivity contribution in [1.29, 1.82) is 0 Å². The zero-order chi connectivity index (χ0) is 8.59. The smallest absolute Gasteiger partial charge is 0.141 e. The van der Waals surface area contributed by atoms with Gasteiger partial charge in [-0.2, -0.15) is 0 Å². The molecule has 1 aliphatic heterocycles. The van der Waals surface area contributed by atoms with Crippen LogP contribution in [0.5, 0.6) is 0 Å². The number of hydrogen-bond acceptors (Lipinski definition) is 4. The lowest BCUT2D eigenvalue weighted by Gasteiger charge is -2.36. The molecule has 0 aromatic carbocycles. The van der Waals surface area contributed by atoms with Crippen LogP contribution in [0.15, 0.2) is 0 Å². The van der Waals surface area contributed by atoms with Crippen LogP contribution in [-0.2, 0) is 4.74 Å². The van der Waals surface area contributed by atoms with E-state index in [0.717, 1.165) is 0 Å². The maximum atomic E-state index is 9.18. The highest BCUT2D eigenvalue weighted by atomic mass is 79.9. The molecule has 0 amide bonds. The van der Waals surface area contributed by atoms with E-state index in [-0.39, 0.29) is 0 Å². The first kappa shape index (κ1) is 9.41. The summed E-state index contributed by atoms with van der Waals surface area (Å²) >= 11 is 3.02. The van der Waals surface area contributed by atoms with Crippen molar-refractivity contribution in [2.24, 2.45) is 0 Å². The van der Waals surface area contributed by atoms with Gasteiger partial charge in [-0.25, -0.2) is 0 Å². The van der Waals surface area contributed by atoms with Crippen LogP contribution in [0, 0.1) is 0 Å². The van der Waals surface area contributed by atoms with Crippen LogP contribution >= 0.6 is 15.9 Å². The molecular formula is C6H11BrO4. The summed E-state index contributed by atoms with van der Waals surface area (Å²) in [6.07, 6.45) is -3.68. The van der Waals surface area contributed by atoms with Crippen LogP contribution in [0.4, 0.5) is 0 Å². The van der Waals surface area contributed by atoms with E-state index in [1.807, 2.05) is 0 Å². The Morgan fingerprint density at radius 3 is 2.18 bits per heavy atom. The predicted molar refractivity (Wildman–Crippen MR) is 41.3 cm³/mol. The van der Waals surface area contributed by atoms with E-state index >= 15 is 0 Å². The molecule has 0 saturated carbocycles. The lowest BCUT2D eigenvalue weighted by Crippen LogP contribution is -2.54. The van der Waals surface area contributed by atoms with E-state index in [9.17, 15) is 10.2 Å². The number of hydrogen-bond donors (Lipinski definition) is 3. The topological polar surface area (TPSA) is 69.9 Å². The van der Waals surface area contributed by atoms with Crippen molar-refractivity contribution in [3.05, 3.63) is 0 Å². The lowest BCUT2D eigenvalue weighted by atomic mass is 10.0. The molecule has 0 aliphatic carbocycles. The summed E-state index contributed by atoms with van der Waals surface area (Å²) in [5, 5.41) is 26.9. The van der Waals surface area contributed by atoms with Gasteiger partial charge in [0.1, 0.15) is 23.3 Å². The van der Waals surface area contributed by atoms with Crippen molar-refractivity contribution in [2.75, 3.05) is 0 Å². The molecule has 4 nitrogen and oxygen atoms in total. The second kappa shape index (κ2) is 3.37. The summed E-state index contributed by atoms with van der Waals surface area (Å²) < 4.78 is 5.04. The van der Waals surface area contributed by atoms with Crippen LogP contribution in [0.3, 0.4) is 0 Å². The third-order valence-corrected chi connectivity index (χ3v) is 2.55. The maximum absolute atomic E-state index is 9.18. The fraction of sp³-hybridized carbons (Fsp3) is 1.00. The van der Waals surface area contributed by atoms with Gasteiger partial charge in [-0.15, -0.1) is 0 Å². The Balaban J connectivity index is 2.63. The molecule has 1 aliphatic rings. The fourth-order valence-corrected chi connectivity index (χ4v) is 1.65. The Labute approximate surface area is 72.9 Å².